The first kappa shape index (κ1) is 31.4. The van der Waals surface area contributed by atoms with Gasteiger partial charge in [-0.1, -0.05) is 92.5 Å². The lowest BCUT2D eigenvalue weighted by Crippen LogP contribution is -2.28. The molecule has 3 aromatic rings. The summed E-state index contributed by atoms with van der Waals surface area (Å²) in [6.45, 7) is 6.15. The SMILES string of the molecule is CC(C)(C)C=Cc1ccc(C(Cc2ccc(C(=O)NCCS(=O)(=O)O)cc2)C(=O)Nc2cc(Cl)cc(Cl)c2)cc1. The Bertz CT molecular complexity index is 1460. The highest BCUT2D eigenvalue weighted by atomic mass is 35.5. The van der Waals surface area contributed by atoms with Gasteiger partial charge in [0.2, 0.25) is 5.91 Å². The Kier molecular flexibility index (Phi) is 10.6. The second-order valence-corrected chi connectivity index (χ2v) is 13.0. The fourth-order valence-corrected chi connectivity index (χ4v) is 4.71. The van der Waals surface area contributed by atoms with E-state index in [2.05, 4.69) is 37.5 Å². The van der Waals surface area contributed by atoms with E-state index >= 15 is 0 Å². The molecule has 3 aromatic carbocycles. The van der Waals surface area contributed by atoms with Crippen LogP contribution in [-0.2, 0) is 21.3 Å². The molecule has 0 aromatic heterocycles. The summed E-state index contributed by atoms with van der Waals surface area (Å²) in [5.74, 6) is -1.85. The number of hydrogen-bond donors (Lipinski definition) is 3. The number of carbonyl (C=O) groups is 2. The summed E-state index contributed by atoms with van der Waals surface area (Å²) >= 11 is 12.2. The Balaban J connectivity index is 1.82. The summed E-state index contributed by atoms with van der Waals surface area (Å²) in [7, 11) is -4.17. The van der Waals surface area contributed by atoms with Crippen LogP contribution in [-0.4, -0.2) is 37.1 Å². The molecule has 40 heavy (non-hydrogen) atoms. The van der Waals surface area contributed by atoms with Gasteiger partial charge in [0.05, 0.1) is 11.7 Å². The Morgan fingerprint density at radius 2 is 1.55 bits per heavy atom. The molecule has 0 saturated carbocycles. The van der Waals surface area contributed by atoms with Crippen molar-refractivity contribution in [1.29, 1.82) is 0 Å². The highest BCUT2D eigenvalue weighted by Crippen LogP contribution is 2.27. The van der Waals surface area contributed by atoms with Gasteiger partial charge in [-0.25, -0.2) is 0 Å². The number of rotatable bonds is 10. The van der Waals surface area contributed by atoms with Gasteiger partial charge in [-0.2, -0.15) is 8.42 Å². The van der Waals surface area contributed by atoms with Crippen LogP contribution < -0.4 is 10.6 Å². The van der Waals surface area contributed by atoms with Crippen LogP contribution in [0.5, 0.6) is 0 Å². The zero-order chi connectivity index (χ0) is 29.5. The van der Waals surface area contributed by atoms with Crippen LogP contribution in [0.25, 0.3) is 6.08 Å². The topological polar surface area (TPSA) is 113 Å². The van der Waals surface area contributed by atoms with Crippen molar-refractivity contribution in [3.8, 4) is 0 Å². The molecule has 3 N–H and O–H groups in total. The van der Waals surface area contributed by atoms with Gasteiger partial charge in [0, 0.05) is 27.8 Å². The Labute approximate surface area is 245 Å². The molecular weight excluding hydrogens is 571 g/mol. The van der Waals surface area contributed by atoms with Gasteiger partial charge in [-0.05, 0) is 58.9 Å². The standard InChI is InChI=1S/C30H32Cl2N2O5S/c1-30(2,3)13-12-20-4-8-22(9-5-20)27(29(36)34-26-18-24(31)17-25(32)19-26)16-21-6-10-23(11-7-21)28(35)33-14-15-40(37,38)39/h4-13,17-19,27H,14-16H2,1-3H3,(H,33,35)(H,34,36)(H,37,38,39). The van der Waals surface area contributed by atoms with Crippen LogP contribution in [0.15, 0.2) is 72.8 Å². The minimum absolute atomic E-state index is 0.0406. The number of amides is 2. The number of nitrogens with one attached hydrogen (secondary N) is 2. The van der Waals surface area contributed by atoms with E-state index in [9.17, 15) is 18.0 Å². The summed E-state index contributed by atoms with van der Waals surface area (Å²) in [6, 6.07) is 19.3. The molecular formula is C30H32Cl2N2O5S. The van der Waals surface area contributed by atoms with E-state index in [-0.39, 0.29) is 17.9 Å². The van der Waals surface area contributed by atoms with Gasteiger partial charge in [-0.15, -0.1) is 0 Å². The highest BCUT2D eigenvalue weighted by Gasteiger charge is 2.22. The molecule has 0 saturated heterocycles. The molecule has 1 atom stereocenters. The van der Waals surface area contributed by atoms with Crippen LogP contribution in [0.1, 0.15) is 53.7 Å². The molecule has 0 bridgehead atoms. The largest absolute Gasteiger partial charge is 0.351 e. The first-order valence-electron chi connectivity index (χ1n) is 12.6. The van der Waals surface area contributed by atoms with E-state index < -0.39 is 27.7 Å². The van der Waals surface area contributed by atoms with E-state index in [0.717, 1.165) is 16.7 Å². The molecule has 2 amide bonds. The van der Waals surface area contributed by atoms with Crippen LogP contribution in [0.3, 0.4) is 0 Å². The predicted molar refractivity (Wildman–Crippen MR) is 162 cm³/mol. The maximum atomic E-state index is 13.5. The lowest BCUT2D eigenvalue weighted by molar-refractivity contribution is -0.117. The molecule has 0 spiro atoms. The molecule has 10 heteroatoms. The van der Waals surface area contributed by atoms with Crippen LogP contribution in [0.2, 0.25) is 10.0 Å². The number of hydrogen-bond acceptors (Lipinski definition) is 4. The summed E-state index contributed by atoms with van der Waals surface area (Å²) in [5.41, 5.74) is 3.49. The Hall–Kier alpha value is -3.17. The van der Waals surface area contributed by atoms with Crippen LogP contribution in [0, 0.1) is 5.41 Å². The molecule has 0 heterocycles. The number of allylic oxidation sites excluding steroid dienone is 1. The normalized spacial score (nSPS) is 12.8. The van der Waals surface area contributed by atoms with Gasteiger partial charge in [-0.3, -0.25) is 14.1 Å². The van der Waals surface area contributed by atoms with Gasteiger partial charge < -0.3 is 10.6 Å². The third-order valence-corrected chi connectivity index (χ3v) is 7.02. The first-order valence-corrected chi connectivity index (χ1v) is 14.9. The highest BCUT2D eigenvalue weighted by molar-refractivity contribution is 7.85. The molecule has 7 nitrogen and oxygen atoms in total. The van der Waals surface area contributed by atoms with E-state index in [1.807, 2.05) is 30.3 Å². The zero-order valence-corrected chi connectivity index (χ0v) is 24.8. The molecule has 0 aliphatic heterocycles. The molecule has 0 fully saturated rings. The van der Waals surface area contributed by atoms with Crippen LogP contribution >= 0.6 is 23.2 Å². The van der Waals surface area contributed by atoms with Gasteiger partial charge in [0.25, 0.3) is 16.0 Å². The maximum Gasteiger partial charge on any atom is 0.266 e. The van der Waals surface area contributed by atoms with E-state index in [4.69, 9.17) is 27.8 Å². The third-order valence-electron chi connectivity index (χ3n) is 5.86. The lowest BCUT2D eigenvalue weighted by atomic mass is 9.89. The molecule has 212 valence electrons. The van der Waals surface area contributed by atoms with Gasteiger partial charge in [0.15, 0.2) is 0 Å². The van der Waals surface area contributed by atoms with Gasteiger partial charge in [0.1, 0.15) is 0 Å². The van der Waals surface area contributed by atoms with E-state index in [1.54, 1.807) is 42.5 Å². The van der Waals surface area contributed by atoms with E-state index in [1.165, 1.54) is 0 Å². The van der Waals surface area contributed by atoms with Crippen molar-refractivity contribution in [3.05, 3.63) is 105 Å². The summed E-state index contributed by atoms with van der Waals surface area (Å²) < 4.78 is 30.6. The first-order chi connectivity index (χ1) is 18.7. The monoisotopic (exact) mass is 602 g/mol. The Morgan fingerprint density at radius 1 is 0.950 bits per heavy atom. The number of benzene rings is 3. The minimum atomic E-state index is -4.17. The van der Waals surface area contributed by atoms with Crippen LogP contribution in [0.4, 0.5) is 5.69 Å². The quantitative estimate of drug-likeness (QED) is 0.225. The van der Waals surface area contributed by atoms with Crippen molar-refractivity contribution in [2.75, 3.05) is 17.6 Å². The molecule has 1 unspecified atom stereocenters. The molecule has 0 aliphatic rings. The second kappa shape index (κ2) is 13.5. The molecule has 0 aliphatic carbocycles. The van der Waals surface area contributed by atoms with Crippen molar-refractivity contribution in [2.45, 2.75) is 33.1 Å². The fraction of sp³-hybridized carbons (Fsp3) is 0.267. The number of anilines is 1. The van der Waals surface area contributed by atoms with Crippen molar-refractivity contribution >= 4 is 56.9 Å². The average Bonchev–Trinajstić information content (AvgIpc) is 2.85. The maximum absolute atomic E-state index is 13.5. The third kappa shape index (κ3) is 10.4. The molecule has 0 radical (unpaired) electrons. The number of carbonyl (C=O) groups excluding carboxylic acids is 2. The minimum Gasteiger partial charge on any atom is -0.351 e. The average molecular weight is 604 g/mol. The fourth-order valence-electron chi connectivity index (χ4n) is 3.83. The Morgan fingerprint density at radius 3 is 2.10 bits per heavy atom. The summed E-state index contributed by atoms with van der Waals surface area (Å²) in [6.07, 6.45) is 4.52. The number of halogens is 2. The van der Waals surface area contributed by atoms with Crippen molar-refractivity contribution < 1.29 is 22.6 Å². The zero-order valence-electron chi connectivity index (χ0n) is 22.4. The van der Waals surface area contributed by atoms with E-state index in [0.29, 0.717) is 27.7 Å². The predicted octanol–water partition coefficient (Wildman–Crippen LogP) is 6.64. The summed E-state index contributed by atoms with van der Waals surface area (Å²) in [4.78, 5) is 25.8. The van der Waals surface area contributed by atoms with Crippen molar-refractivity contribution in [1.82, 2.24) is 5.32 Å². The van der Waals surface area contributed by atoms with Crippen molar-refractivity contribution in [2.24, 2.45) is 5.41 Å². The summed E-state index contributed by atoms with van der Waals surface area (Å²) in [5, 5.41) is 6.17. The van der Waals surface area contributed by atoms with Gasteiger partial charge >= 0.3 is 0 Å². The molecule has 3 rings (SSSR count). The second-order valence-electron chi connectivity index (χ2n) is 10.5. The van der Waals surface area contributed by atoms with Crippen molar-refractivity contribution in [3.63, 3.8) is 0 Å². The smallest absolute Gasteiger partial charge is 0.266 e. The lowest BCUT2D eigenvalue weighted by Gasteiger charge is -2.19.